The Balaban J connectivity index is 1.61. The summed E-state index contributed by atoms with van der Waals surface area (Å²) < 4.78 is 55.0. The van der Waals surface area contributed by atoms with E-state index in [4.69, 9.17) is 18.9 Å². The van der Waals surface area contributed by atoms with E-state index >= 15 is 0 Å². The lowest BCUT2D eigenvalue weighted by Crippen LogP contribution is -2.20. The van der Waals surface area contributed by atoms with Crippen molar-refractivity contribution >= 4 is 61.3 Å². The second-order valence-electron chi connectivity index (χ2n) is 16.1. The monoisotopic (exact) mass is 860 g/mol. The van der Waals surface area contributed by atoms with E-state index in [0.717, 1.165) is 39.1 Å². The van der Waals surface area contributed by atoms with E-state index in [0.29, 0.717) is 86.2 Å². The highest BCUT2D eigenvalue weighted by molar-refractivity contribution is 7.86. The molecule has 0 fully saturated rings. The average molecular weight is 861 g/mol. The van der Waals surface area contributed by atoms with Crippen LogP contribution < -0.4 is 30.8 Å². The Morgan fingerprint density at radius 2 is 1.26 bits per heavy atom. The predicted molar refractivity (Wildman–Crippen MR) is 247 cm³/mol. The molecule has 2 amide bonds. The summed E-state index contributed by atoms with van der Waals surface area (Å²) in [5, 5.41) is 10.9. The van der Waals surface area contributed by atoms with Gasteiger partial charge < -0.3 is 29.8 Å². The lowest BCUT2D eigenvalue weighted by atomic mass is 9.93. The molecular weight excluding hydrogens is 805 g/mol. The minimum atomic E-state index is -4.64. The number of hydrogen-bond donors (Lipinski definition) is 4. The predicted octanol–water partition coefficient (Wildman–Crippen LogP) is 11.3. The first-order chi connectivity index (χ1) is 29.3. The van der Waals surface area contributed by atoms with Crippen molar-refractivity contribution in [3.8, 4) is 33.9 Å². The lowest BCUT2D eigenvalue weighted by Gasteiger charge is -2.24. The number of nitrogens with one attached hydrogen (secondary N) is 3. The molecule has 0 saturated heterocycles. The van der Waals surface area contributed by atoms with Crippen molar-refractivity contribution < 1.29 is 36.5 Å². The third-order valence-corrected chi connectivity index (χ3v) is 12.0. The second-order valence-corrected chi connectivity index (χ2v) is 17.5. The Morgan fingerprint density at radius 3 is 1.84 bits per heavy atom. The molecule has 326 valence electrons. The van der Waals surface area contributed by atoms with E-state index in [-0.39, 0.29) is 28.5 Å². The molecule has 62 heavy (non-hydrogen) atoms. The molecule has 0 bridgehead atoms. The number of nitrogens with zero attached hydrogens (tertiary/aromatic N) is 1. The zero-order valence-electron chi connectivity index (χ0n) is 37.5. The van der Waals surface area contributed by atoms with E-state index in [1.165, 1.54) is 6.07 Å². The number of carbonyl (C=O) groups excluding carboxylic acids is 2. The maximum Gasteiger partial charge on any atom is 0.295 e. The smallest absolute Gasteiger partial charge is 0.295 e. The second kappa shape index (κ2) is 18.0. The number of anilines is 4. The molecule has 0 saturated carbocycles. The fourth-order valence-corrected chi connectivity index (χ4v) is 8.55. The third kappa shape index (κ3) is 8.77. The molecule has 0 aromatic heterocycles. The summed E-state index contributed by atoms with van der Waals surface area (Å²) >= 11 is 0. The zero-order chi connectivity index (χ0) is 45.4. The molecular formula is C49H56N4O8S. The molecule has 1 heterocycles. The number of amides is 2. The quantitative estimate of drug-likeness (QED) is 0.0652. The van der Waals surface area contributed by atoms with Crippen molar-refractivity contribution in [1.29, 1.82) is 0 Å². The molecule has 13 heteroatoms. The minimum absolute atomic E-state index is 0.116. The van der Waals surface area contributed by atoms with E-state index in [1.807, 2.05) is 113 Å². The van der Waals surface area contributed by atoms with Gasteiger partial charge in [0.2, 0.25) is 11.8 Å². The zero-order valence-corrected chi connectivity index (χ0v) is 38.3. The largest absolute Gasteiger partial charge is 0.493 e. The molecule has 0 unspecified atom stereocenters. The molecule has 4 aromatic carbocycles. The summed E-state index contributed by atoms with van der Waals surface area (Å²) in [4.78, 5) is 30.8. The van der Waals surface area contributed by atoms with Gasteiger partial charge in [-0.3, -0.25) is 14.1 Å². The number of rotatable bonds is 13. The highest BCUT2D eigenvalue weighted by Crippen LogP contribution is 2.46. The summed E-state index contributed by atoms with van der Waals surface area (Å²) in [6.07, 6.45) is 0. The van der Waals surface area contributed by atoms with Crippen LogP contribution in [0.3, 0.4) is 0 Å². The number of ether oxygens (including phenoxy) is 2. The van der Waals surface area contributed by atoms with Crippen LogP contribution in [0.1, 0.15) is 74.9 Å². The van der Waals surface area contributed by atoms with Crippen molar-refractivity contribution in [2.75, 3.05) is 29.2 Å². The molecule has 4 aromatic rings. The molecule has 0 spiro atoms. The van der Waals surface area contributed by atoms with E-state index in [2.05, 4.69) is 16.0 Å². The van der Waals surface area contributed by atoms with Crippen LogP contribution in [0.15, 0.2) is 75.0 Å². The molecule has 0 radical (unpaired) electrons. The van der Waals surface area contributed by atoms with Crippen molar-refractivity contribution in [3.05, 3.63) is 99.4 Å². The Hall–Kier alpha value is -6.18. The van der Waals surface area contributed by atoms with Gasteiger partial charge in [0, 0.05) is 74.0 Å². The van der Waals surface area contributed by atoms with Crippen LogP contribution in [-0.2, 0) is 19.7 Å². The van der Waals surface area contributed by atoms with Crippen LogP contribution >= 0.6 is 0 Å². The van der Waals surface area contributed by atoms with Crippen LogP contribution in [0.25, 0.3) is 33.4 Å². The van der Waals surface area contributed by atoms with Gasteiger partial charge in [-0.2, -0.15) is 8.42 Å². The molecule has 12 nitrogen and oxygen atoms in total. The minimum Gasteiger partial charge on any atom is -0.493 e. The standard InChI is InChI=1S/C49H56N4O8S/c1-13-59-46-29(9)42(27(7)44(31(46)11)52-48(54)25(3)4)50-33-19-21-35-38(23-33)61-39-24-34(20-22-36(39)41(35)37-17-15-16-18-40(37)62(56,57)58)51-43-28(8)45(53-49(55)26(5)6)32(12)47(30(43)10)60-14-2/h15-26,50H,13-14H2,1-12H3,(H,52,54)(H,53,55)(H,56,57,58)/b51-34-. The molecule has 0 atom stereocenters. The van der Waals surface area contributed by atoms with Gasteiger partial charge in [-0.05, 0) is 96.8 Å². The molecule has 1 aliphatic carbocycles. The Kier molecular flexibility index (Phi) is 13.2. The molecule has 4 N–H and O–H groups in total. The fraction of sp³-hybridized carbons (Fsp3) is 0.327. The average Bonchev–Trinajstić information content (AvgIpc) is 3.22. The number of hydrogen-bond acceptors (Lipinski definition) is 9. The summed E-state index contributed by atoms with van der Waals surface area (Å²) in [5.41, 5.74) is 10.0. The van der Waals surface area contributed by atoms with Gasteiger partial charge in [0.25, 0.3) is 10.1 Å². The molecule has 6 rings (SSSR count). The van der Waals surface area contributed by atoms with Gasteiger partial charge in [0.05, 0.1) is 41.3 Å². The van der Waals surface area contributed by atoms with Gasteiger partial charge >= 0.3 is 0 Å². The van der Waals surface area contributed by atoms with Gasteiger partial charge in [0.1, 0.15) is 27.7 Å². The van der Waals surface area contributed by atoms with Crippen molar-refractivity contribution in [2.45, 2.75) is 88.0 Å². The Bertz CT molecular complexity index is 2900. The first kappa shape index (κ1) is 45.3. The summed E-state index contributed by atoms with van der Waals surface area (Å²) in [5.74, 6) is 0.978. The van der Waals surface area contributed by atoms with E-state index < -0.39 is 10.1 Å². The summed E-state index contributed by atoms with van der Waals surface area (Å²) in [6.45, 7) is 23.6. The van der Waals surface area contributed by atoms with Crippen LogP contribution in [0.4, 0.5) is 28.4 Å². The van der Waals surface area contributed by atoms with Crippen LogP contribution in [0.5, 0.6) is 11.5 Å². The highest BCUT2D eigenvalue weighted by atomic mass is 32.2. The van der Waals surface area contributed by atoms with Crippen LogP contribution in [0.2, 0.25) is 0 Å². The van der Waals surface area contributed by atoms with Gasteiger partial charge in [0.15, 0.2) is 0 Å². The Labute approximate surface area is 363 Å². The van der Waals surface area contributed by atoms with Crippen molar-refractivity contribution in [1.82, 2.24) is 0 Å². The van der Waals surface area contributed by atoms with Gasteiger partial charge in [-0.25, -0.2) is 4.99 Å². The topological polar surface area (TPSA) is 169 Å². The number of fused-ring (bicyclic) bond motifs is 2. The first-order valence-electron chi connectivity index (χ1n) is 20.8. The SMILES string of the molecule is CCOc1c(C)c(/N=c2/ccc3c(-c4ccccc4S(=O)(=O)O)c4ccc(Nc5c(C)c(NC(=O)C(C)C)c(C)c(OCC)c5C)cc4oc-3c2)c(C)c(NC(=O)C(C)C)c1C. The highest BCUT2D eigenvalue weighted by Gasteiger charge is 2.26. The molecule has 1 aliphatic heterocycles. The summed E-state index contributed by atoms with van der Waals surface area (Å²) in [7, 11) is -4.64. The van der Waals surface area contributed by atoms with E-state index in [9.17, 15) is 22.6 Å². The van der Waals surface area contributed by atoms with E-state index in [1.54, 1.807) is 24.3 Å². The normalized spacial score (nSPS) is 12.1. The number of benzene rings is 5. The summed E-state index contributed by atoms with van der Waals surface area (Å²) in [6, 6.07) is 17.3. The maximum absolute atomic E-state index is 13.0. The molecule has 2 aliphatic rings. The van der Waals surface area contributed by atoms with Crippen molar-refractivity contribution in [2.24, 2.45) is 16.8 Å². The van der Waals surface area contributed by atoms with Crippen LogP contribution in [-0.4, -0.2) is 38.0 Å². The van der Waals surface area contributed by atoms with Gasteiger partial charge in [-0.1, -0.05) is 45.9 Å². The Morgan fingerprint density at radius 1 is 0.694 bits per heavy atom. The first-order valence-corrected chi connectivity index (χ1v) is 22.3. The lowest BCUT2D eigenvalue weighted by molar-refractivity contribution is -0.119. The van der Waals surface area contributed by atoms with Crippen molar-refractivity contribution in [3.63, 3.8) is 0 Å². The third-order valence-electron chi connectivity index (χ3n) is 11.1. The fourth-order valence-electron chi connectivity index (χ4n) is 7.85. The maximum atomic E-state index is 13.0. The van der Waals surface area contributed by atoms with Gasteiger partial charge in [-0.15, -0.1) is 0 Å². The van der Waals surface area contributed by atoms with Crippen LogP contribution in [0, 0.1) is 53.4 Å². The number of carbonyl (C=O) groups is 2.